The average molecular weight is 226 g/mol. The largest absolute Gasteiger partial charge is 0.392 e. The smallest absolute Gasteiger partial charge is 0.237 e. The van der Waals surface area contributed by atoms with Gasteiger partial charge in [0, 0.05) is 11.5 Å². The highest BCUT2D eigenvalue weighted by Gasteiger charge is 2.48. The zero-order chi connectivity index (χ0) is 11.8. The van der Waals surface area contributed by atoms with E-state index in [1.807, 2.05) is 13.8 Å². The van der Waals surface area contributed by atoms with Gasteiger partial charge in [0.25, 0.3) is 0 Å². The Balaban J connectivity index is 1.83. The molecule has 0 bridgehead atoms. The summed E-state index contributed by atoms with van der Waals surface area (Å²) >= 11 is 0. The maximum atomic E-state index is 11.9. The zero-order valence-electron chi connectivity index (χ0n) is 10.1. The van der Waals surface area contributed by atoms with Gasteiger partial charge in [-0.1, -0.05) is 20.3 Å². The number of nitrogens with one attached hydrogen (secondary N) is 2. The molecule has 16 heavy (non-hydrogen) atoms. The molecular weight excluding hydrogens is 204 g/mol. The average Bonchev–Trinajstić information content (AvgIpc) is 2.29. The Morgan fingerprint density at radius 2 is 2.19 bits per heavy atom. The number of aliphatic hydroxyl groups is 1. The molecule has 1 saturated heterocycles. The molecule has 3 N–H and O–H groups in total. The monoisotopic (exact) mass is 226 g/mol. The Hall–Kier alpha value is -0.610. The van der Waals surface area contributed by atoms with Crippen molar-refractivity contribution in [3.63, 3.8) is 0 Å². The van der Waals surface area contributed by atoms with Crippen molar-refractivity contribution in [2.24, 2.45) is 5.41 Å². The van der Waals surface area contributed by atoms with Gasteiger partial charge in [0.15, 0.2) is 0 Å². The molecule has 1 aliphatic carbocycles. The van der Waals surface area contributed by atoms with E-state index in [1.54, 1.807) is 0 Å². The van der Waals surface area contributed by atoms with E-state index in [1.165, 1.54) is 0 Å². The standard InChI is InChI=1S/C12H22N2O2/c1-12(2)9(7-10(12)15)14-11(16)8-5-3-4-6-13-8/h8-10,13,15H,3-7H2,1-2H3,(H,14,16)/t8-,9?,10?/m1/s1. The van der Waals surface area contributed by atoms with Crippen molar-refractivity contribution in [2.75, 3.05) is 6.54 Å². The van der Waals surface area contributed by atoms with E-state index in [9.17, 15) is 9.90 Å². The van der Waals surface area contributed by atoms with Crippen LogP contribution in [-0.2, 0) is 4.79 Å². The van der Waals surface area contributed by atoms with Gasteiger partial charge in [-0.2, -0.15) is 0 Å². The van der Waals surface area contributed by atoms with Crippen LogP contribution in [0.5, 0.6) is 0 Å². The molecule has 1 saturated carbocycles. The Labute approximate surface area is 96.8 Å². The van der Waals surface area contributed by atoms with Gasteiger partial charge in [0.1, 0.15) is 0 Å². The molecule has 0 aromatic carbocycles. The Bertz CT molecular complexity index is 272. The van der Waals surface area contributed by atoms with Gasteiger partial charge >= 0.3 is 0 Å². The number of amides is 1. The molecule has 2 unspecified atom stereocenters. The van der Waals surface area contributed by atoms with E-state index >= 15 is 0 Å². The first-order valence-corrected chi connectivity index (χ1v) is 6.23. The number of piperidine rings is 1. The normalized spacial score (nSPS) is 37.6. The molecule has 1 amide bonds. The predicted octanol–water partition coefficient (Wildman–Crippen LogP) is 0.404. The van der Waals surface area contributed by atoms with Crippen molar-refractivity contribution in [1.82, 2.24) is 10.6 Å². The molecule has 2 rings (SSSR count). The molecule has 0 spiro atoms. The summed E-state index contributed by atoms with van der Waals surface area (Å²) in [6.45, 7) is 4.94. The van der Waals surface area contributed by atoms with E-state index in [4.69, 9.17) is 0 Å². The minimum Gasteiger partial charge on any atom is -0.392 e. The summed E-state index contributed by atoms with van der Waals surface area (Å²) in [4.78, 5) is 11.9. The minimum atomic E-state index is -0.280. The summed E-state index contributed by atoms with van der Waals surface area (Å²) in [6, 6.07) is 0.0982. The minimum absolute atomic E-state index is 0.0257. The fourth-order valence-corrected chi connectivity index (χ4v) is 2.50. The van der Waals surface area contributed by atoms with Crippen molar-refractivity contribution >= 4 is 5.91 Å². The summed E-state index contributed by atoms with van der Waals surface area (Å²) in [6.07, 6.45) is 3.63. The number of aliphatic hydroxyl groups excluding tert-OH is 1. The first kappa shape index (κ1) is 11.9. The SMILES string of the molecule is CC1(C)C(O)CC1NC(=O)[C@H]1CCCCN1. The molecule has 1 aliphatic heterocycles. The molecule has 3 atom stereocenters. The zero-order valence-corrected chi connectivity index (χ0v) is 10.1. The Morgan fingerprint density at radius 3 is 2.69 bits per heavy atom. The molecule has 4 nitrogen and oxygen atoms in total. The molecule has 2 fully saturated rings. The highest BCUT2D eigenvalue weighted by atomic mass is 16.3. The van der Waals surface area contributed by atoms with Crippen molar-refractivity contribution in [1.29, 1.82) is 0 Å². The third kappa shape index (κ3) is 2.09. The van der Waals surface area contributed by atoms with Crippen molar-refractivity contribution < 1.29 is 9.90 Å². The number of carbonyl (C=O) groups is 1. The van der Waals surface area contributed by atoms with Gasteiger partial charge in [-0.25, -0.2) is 0 Å². The van der Waals surface area contributed by atoms with E-state index in [-0.39, 0.29) is 29.5 Å². The van der Waals surface area contributed by atoms with Gasteiger partial charge in [-0.15, -0.1) is 0 Å². The topological polar surface area (TPSA) is 61.4 Å². The van der Waals surface area contributed by atoms with Gasteiger partial charge in [0.05, 0.1) is 12.1 Å². The summed E-state index contributed by atoms with van der Waals surface area (Å²) < 4.78 is 0. The van der Waals surface area contributed by atoms with Gasteiger partial charge in [0.2, 0.25) is 5.91 Å². The molecule has 1 heterocycles. The van der Waals surface area contributed by atoms with Crippen molar-refractivity contribution in [2.45, 2.75) is 57.7 Å². The number of hydrogen-bond acceptors (Lipinski definition) is 3. The molecule has 92 valence electrons. The van der Waals surface area contributed by atoms with E-state index in [2.05, 4.69) is 10.6 Å². The predicted molar refractivity (Wildman–Crippen MR) is 62.0 cm³/mol. The van der Waals surface area contributed by atoms with Crippen LogP contribution in [0, 0.1) is 5.41 Å². The summed E-state index contributed by atoms with van der Waals surface area (Å²) in [5.74, 6) is 0.102. The lowest BCUT2D eigenvalue weighted by Gasteiger charge is -2.49. The molecular formula is C12H22N2O2. The van der Waals surface area contributed by atoms with Crippen LogP contribution in [0.25, 0.3) is 0 Å². The van der Waals surface area contributed by atoms with Gasteiger partial charge in [-0.05, 0) is 25.8 Å². The molecule has 2 aliphatic rings. The first-order chi connectivity index (χ1) is 7.51. The second-order valence-corrected chi connectivity index (χ2v) is 5.64. The third-order valence-corrected chi connectivity index (χ3v) is 4.16. The molecule has 0 aromatic heterocycles. The molecule has 0 aromatic rings. The van der Waals surface area contributed by atoms with Crippen LogP contribution in [-0.4, -0.2) is 35.7 Å². The summed E-state index contributed by atoms with van der Waals surface area (Å²) in [7, 11) is 0. The maximum absolute atomic E-state index is 11.9. The summed E-state index contributed by atoms with van der Waals surface area (Å²) in [5.41, 5.74) is -0.176. The van der Waals surface area contributed by atoms with Crippen LogP contribution in [0.4, 0.5) is 0 Å². The van der Waals surface area contributed by atoms with Gasteiger partial charge in [-0.3, -0.25) is 4.79 Å². The maximum Gasteiger partial charge on any atom is 0.237 e. The van der Waals surface area contributed by atoms with Crippen LogP contribution >= 0.6 is 0 Å². The number of hydrogen-bond donors (Lipinski definition) is 3. The van der Waals surface area contributed by atoms with Crippen LogP contribution in [0.3, 0.4) is 0 Å². The fraction of sp³-hybridized carbons (Fsp3) is 0.917. The van der Waals surface area contributed by atoms with Crippen molar-refractivity contribution in [3.8, 4) is 0 Å². The lowest BCUT2D eigenvalue weighted by atomic mass is 9.64. The van der Waals surface area contributed by atoms with E-state index in [0.29, 0.717) is 6.42 Å². The highest BCUT2D eigenvalue weighted by molar-refractivity contribution is 5.82. The Kier molecular flexibility index (Phi) is 3.22. The molecule has 4 heteroatoms. The third-order valence-electron chi connectivity index (χ3n) is 4.16. The lowest BCUT2D eigenvalue weighted by molar-refractivity contribution is -0.131. The lowest BCUT2D eigenvalue weighted by Crippen LogP contribution is -2.63. The highest BCUT2D eigenvalue weighted by Crippen LogP contribution is 2.40. The van der Waals surface area contributed by atoms with Crippen LogP contribution in [0.15, 0.2) is 0 Å². The van der Waals surface area contributed by atoms with E-state index < -0.39 is 0 Å². The van der Waals surface area contributed by atoms with Crippen LogP contribution < -0.4 is 10.6 Å². The van der Waals surface area contributed by atoms with Gasteiger partial charge < -0.3 is 15.7 Å². The second kappa shape index (κ2) is 4.34. The quantitative estimate of drug-likeness (QED) is 0.639. The van der Waals surface area contributed by atoms with Crippen molar-refractivity contribution in [3.05, 3.63) is 0 Å². The first-order valence-electron chi connectivity index (χ1n) is 6.23. The number of carbonyl (C=O) groups excluding carboxylic acids is 1. The fourth-order valence-electron chi connectivity index (χ4n) is 2.50. The van der Waals surface area contributed by atoms with Crippen LogP contribution in [0.1, 0.15) is 39.5 Å². The second-order valence-electron chi connectivity index (χ2n) is 5.64. The number of rotatable bonds is 2. The van der Waals surface area contributed by atoms with Crippen LogP contribution in [0.2, 0.25) is 0 Å². The van der Waals surface area contributed by atoms with E-state index in [0.717, 1.165) is 25.8 Å². The Morgan fingerprint density at radius 1 is 1.44 bits per heavy atom. The molecule has 0 radical (unpaired) electrons. The summed E-state index contributed by atoms with van der Waals surface area (Å²) in [5, 5.41) is 15.9.